The molecule has 0 spiro atoms. The Morgan fingerprint density at radius 3 is 2.54 bits per heavy atom. The maximum absolute atomic E-state index is 13.5. The minimum atomic E-state index is -3.81. The normalized spacial score (nSPS) is 17.8. The lowest BCUT2D eigenvalue weighted by molar-refractivity contribution is 0.122. The summed E-state index contributed by atoms with van der Waals surface area (Å²) in [4.78, 5) is 27.7. The van der Waals surface area contributed by atoms with E-state index < -0.39 is 21.5 Å². The number of imidazole rings is 1. The van der Waals surface area contributed by atoms with Crippen LogP contribution in [-0.4, -0.2) is 83.6 Å². The van der Waals surface area contributed by atoms with Gasteiger partial charge < -0.3 is 19.7 Å². The van der Waals surface area contributed by atoms with E-state index in [4.69, 9.17) is 4.74 Å². The molecule has 0 saturated carbocycles. The number of ether oxygens (including phenoxy) is 1. The number of aryl methyl sites for hydroxylation is 1. The predicted molar refractivity (Wildman–Crippen MR) is 147 cm³/mol. The van der Waals surface area contributed by atoms with E-state index in [0.29, 0.717) is 45.0 Å². The van der Waals surface area contributed by atoms with E-state index >= 15 is 0 Å². The smallest absolute Gasteiger partial charge is 0.304 e. The molecule has 0 bridgehead atoms. The lowest BCUT2D eigenvalue weighted by atomic mass is 10.1. The molecule has 6 rings (SSSR count). The Bertz CT molecular complexity index is 1710. The predicted octanol–water partition coefficient (Wildman–Crippen LogP) is 1.52. The second kappa shape index (κ2) is 9.67. The van der Waals surface area contributed by atoms with Crippen LogP contribution in [0.1, 0.15) is 16.8 Å². The number of aromatic hydroxyl groups is 1. The number of rotatable bonds is 5. The highest BCUT2D eigenvalue weighted by Crippen LogP contribution is 2.33. The van der Waals surface area contributed by atoms with Crippen LogP contribution in [0.4, 0.5) is 11.4 Å². The van der Waals surface area contributed by atoms with Crippen LogP contribution in [0, 0.1) is 6.92 Å². The summed E-state index contributed by atoms with van der Waals surface area (Å²) in [7, 11) is -2.30. The SMILES string of the molecule is Cc1ccc(Cc2cnc(-c3nc4c(N5CCN(C)S5(=O)=O)cc(N5CCOCC5)cn4c(=O)c3O)[nH]2)cc1. The molecule has 13 heteroatoms. The van der Waals surface area contributed by atoms with Crippen molar-refractivity contribution in [3.8, 4) is 17.3 Å². The molecular formula is C26H29N7O5S. The number of likely N-dealkylation sites (N-methyl/N-ethyl adjacent to an activating group) is 1. The fraction of sp³-hybridized carbons (Fsp3) is 0.346. The zero-order chi connectivity index (χ0) is 27.3. The summed E-state index contributed by atoms with van der Waals surface area (Å²) in [6.45, 7) is 4.71. The number of benzene rings is 1. The highest BCUT2D eigenvalue weighted by atomic mass is 32.2. The van der Waals surface area contributed by atoms with Crippen molar-refractivity contribution in [2.75, 3.05) is 55.6 Å². The highest BCUT2D eigenvalue weighted by Gasteiger charge is 2.36. The Balaban J connectivity index is 1.48. The average Bonchev–Trinajstić information content (AvgIpc) is 3.50. The van der Waals surface area contributed by atoms with Crippen molar-refractivity contribution in [1.29, 1.82) is 0 Å². The number of nitrogens with one attached hydrogen (secondary N) is 1. The third-order valence-electron chi connectivity index (χ3n) is 7.17. The fourth-order valence-corrected chi connectivity index (χ4v) is 6.26. The lowest BCUT2D eigenvalue weighted by Crippen LogP contribution is -2.37. The van der Waals surface area contributed by atoms with Crippen molar-refractivity contribution in [2.24, 2.45) is 0 Å². The number of hydrogen-bond donors (Lipinski definition) is 2. The topological polar surface area (TPSA) is 136 Å². The molecule has 0 atom stereocenters. The van der Waals surface area contributed by atoms with Gasteiger partial charge in [0.15, 0.2) is 17.2 Å². The minimum absolute atomic E-state index is 0.0412. The average molecular weight is 552 g/mol. The van der Waals surface area contributed by atoms with E-state index in [1.807, 2.05) is 36.1 Å². The number of aromatic nitrogens is 4. The Kier molecular flexibility index (Phi) is 6.28. The zero-order valence-electron chi connectivity index (χ0n) is 21.7. The molecule has 5 heterocycles. The molecule has 2 aliphatic rings. The van der Waals surface area contributed by atoms with E-state index in [1.165, 1.54) is 20.1 Å². The molecule has 2 N–H and O–H groups in total. The van der Waals surface area contributed by atoms with Crippen LogP contribution in [0.25, 0.3) is 17.2 Å². The number of pyridine rings is 1. The second-order valence-corrected chi connectivity index (χ2v) is 11.8. The standard InChI is InChI=1S/C26H29N7O5S/c1-17-3-5-18(6-4-17)13-19-15-27-24(28-19)22-23(34)26(35)32-16-20(31-9-11-38-12-10-31)14-21(25(32)29-22)33-8-7-30(2)39(33,36)37/h3-6,14-16,34H,7-13H2,1-2H3,(H,27,28). The maximum Gasteiger partial charge on any atom is 0.304 e. The first-order valence-corrected chi connectivity index (χ1v) is 14.1. The summed E-state index contributed by atoms with van der Waals surface area (Å²) >= 11 is 0. The summed E-state index contributed by atoms with van der Waals surface area (Å²) in [6.07, 6.45) is 3.80. The van der Waals surface area contributed by atoms with Crippen LogP contribution in [0.5, 0.6) is 5.75 Å². The van der Waals surface area contributed by atoms with Crippen molar-refractivity contribution >= 4 is 27.2 Å². The van der Waals surface area contributed by atoms with Gasteiger partial charge >= 0.3 is 15.8 Å². The Morgan fingerprint density at radius 1 is 1.10 bits per heavy atom. The molecule has 3 aromatic heterocycles. The summed E-state index contributed by atoms with van der Waals surface area (Å²) in [5, 5.41) is 11.0. The molecular weight excluding hydrogens is 522 g/mol. The summed E-state index contributed by atoms with van der Waals surface area (Å²) in [6, 6.07) is 9.84. The third-order valence-corrected chi connectivity index (χ3v) is 9.08. The Morgan fingerprint density at radius 2 is 1.85 bits per heavy atom. The van der Waals surface area contributed by atoms with Gasteiger partial charge in [0.2, 0.25) is 5.75 Å². The number of nitrogens with zero attached hydrogens (tertiary/aromatic N) is 6. The largest absolute Gasteiger partial charge is 0.501 e. The third kappa shape index (κ3) is 4.51. The van der Waals surface area contributed by atoms with E-state index in [-0.39, 0.29) is 29.4 Å². The van der Waals surface area contributed by atoms with Gasteiger partial charge in [-0.2, -0.15) is 12.7 Å². The molecule has 0 unspecified atom stereocenters. The number of aromatic amines is 1. The molecule has 4 aromatic rings. The van der Waals surface area contributed by atoms with Crippen LogP contribution in [0.2, 0.25) is 0 Å². The quantitative estimate of drug-likeness (QED) is 0.381. The van der Waals surface area contributed by atoms with Crippen molar-refractivity contribution in [3.63, 3.8) is 0 Å². The number of H-pyrrole nitrogens is 1. The van der Waals surface area contributed by atoms with Crippen molar-refractivity contribution < 1.29 is 18.3 Å². The van der Waals surface area contributed by atoms with Gasteiger partial charge in [-0.15, -0.1) is 0 Å². The van der Waals surface area contributed by atoms with E-state index in [1.54, 1.807) is 18.5 Å². The summed E-state index contributed by atoms with van der Waals surface area (Å²) in [5.41, 5.74) is 3.27. The van der Waals surface area contributed by atoms with Gasteiger partial charge in [0.1, 0.15) is 0 Å². The highest BCUT2D eigenvalue weighted by molar-refractivity contribution is 7.90. The first kappa shape index (κ1) is 25.3. The minimum Gasteiger partial charge on any atom is -0.501 e. The molecule has 0 aliphatic carbocycles. The van der Waals surface area contributed by atoms with Gasteiger partial charge in [0.05, 0.1) is 24.6 Å². The lowest BCUT2D eigenvalue weighted by Gasteiger charge is -2.30. The molecule has 2 saturated heterocycles. The van der Waals surface area contributed by atoms with E-state index in [0.717, 1.165) is 16.8 Å². The van der Waals surface area contributed by atoms with Crippen LogP contribution in [0.3, 0.4) is 0 Å². The molecule has 0 radical (unpaired) electrons. The molecule has 0 amide bonds. The van der Waals surface area contributed by atoms with Crippen molar-refractivity contribution in [1.82, 2.24) is 23.7 Å². The van der Waals surface area contributed by atoms with Crippen LogP contribution >= 0.6 is 0 Å². The van der Waals surface area contributed by atoms with Gasteiger partial charge in [-0.25, -0.2) is 9.97 Å². The molecule has 204 valence electrons. The number of anilines is 2. The van der Waals surface area contributed by atoms with Crippen LogP contribution < -0.4 is 14.8 Å². The first-order chi connectivity index (χ1) is 18.7. The van der Waals surface area contributed by atoms with Gasteiger partial charge in [0, 0.05) is 57.7 Å². The molecule has 39 heavy (non-hydrogen) atoms. The summed E-state index contributed by atoms with van der Waals surface area (Å²) in [5.74, 6) is -0.353. The zero-order valence-corrected chi connectivity index (χ0v) is 22.5. The molecule has 2 aliphatic heterocycles. The van der Waals surface area contributed by atoms with Crippen molar-refractivity contribution in [3.05, 3.63) is 69.9 Å². The number of hydrogen-bond acceptors (Lipinski definition) is 8. The van der Waals surface area contributed by atoms with E-state index in [2.05, 4.69) is 15.0 Å². The number of fused-ring (bicyclic) bond motifs is 1. The Hall–Kier alpha value is -3.94. The molecule has 1 aromatic carbocycles. The monoisotopic (exact) mass is 551 g/mol. The van der Waals surface area contributed by atoms with Gasteiger partial charge in [0.25, 0.3) is 0 Å². The Labute approximate surface area is 225 Å². The second-order valence-electron chi connectivity index (χ2n) is 9.81. The van der Waals surface area contributed by atoms with Crippen molar-refractivity contribution in [2.45, 2.75) is 13.3 Å². The van der Waals surface area contributed by atoms with Gasteiger partial charge in [-0.1, -0.05) is 29.8 Å². The molecule has 2 fully saturated rings. The fourth-order valence-electron chi connectivity index (χ4n) is 4.91. The van der Waals surface area contributed by atoms with Crippen LogP contribution in [0.15, 0.2) is 47.5 Å². The van der Waals surface area contributed by atoms with Gasteiger partial charge in [-0.3, -0.25) is 13.5 Å². The first-order valence-electron chi connectivity index (χ1n) is 12.7. The van der Waals surface area contributed by atoms with Gasteiger partial charge in [-0.05, 0) is 18.6 Å². The van der Waals surface area contributed by atoms with E-state index in [9.17, 15) is 18.3 Å². The maximum atomic E-state index is 13.5. The summed E-state index contributed by atoms with van der Waals surface area (Å²) < 4.78 is 35.5. The number of morpholine rings is 1. The van der Waals surface area contributed by atoms with Crippen LogP contribution in [-0.2, 0) is 21.4 Å². The molecule has 12 nitrogen and oxygen atoms in total.